The molecular weight excluding hydrogens is 340 g/mol. The summed E-state index contributed by atoms with van der Waals surface area (Å²) >= 11 is 0. The second-order valence-corrected chi connectivity index (χ2v) is 5.24. The molecule has 0 spiro atoms. The van der Waals surface area contributed by atoms with Gasteiger partial charge in [0.1, 0.15) is 6.04 Å². The fraction of sp³-hybridized carbons (Fsp3) is 0.389. The Hall–Kier alpha value is -3.03. The lowest BCUT2D eigenvalue weighted by Gasteiger charge is -2.13. The molecule has 1 aromatic carbocycles. The maximum absolute atomic E-state index is 11.7. The minimum atomic E-state index is -0.705. The van der Waals surface area contributed by atoms with Crippen LogP contribution in [0.5, 0.6) is 11.5 Å². The molecule has 26 heavy (non-hydrogen) atoms. The third kappa shape index (κ3) is 6.84. The Morgan fingerprint density at radius 2 is 1.85 bits per heavy atom. The van der Waals surface area contributed by atoms with Crippen LogP contribution < -0.4 is 20.1 Å². The summed E-state index contributed by atoms with van der Waals surface area (Å²) in [4.78, 5) is 34.9. The summed E-state index contributed by atoms with van der Waals surface area (Å²) in [6, 6.07) is 4.44. The van der Waals surface area contributed by atoms with E-state index in [1.165, 1.54) is 26.4 Å². The molecule has 0 aliphatic rings. The number of ether oxygens (including phenoxy) is 3. The topological polar surface area (TPSA) is 103 Å². The molecule has 0 unspecified atom stereocenters. The van der Waals surface area contributed by atoms with Crippen molar-refractivity contribution in [2.45, 2.75) is 19.9 Å². The van der Waals surface area contributed by atoms with E-state index in [-0.39, 0.29) is 5.91 Å². The maximum atomic E-state index is 11.7. The van der Waals surface area contributed by atoms with Crippen molar-refractivity contribution in [3.63, 3.8) is 0 Å². The summed E-state index contributed by atoms with van der Waals surface area (Å²) in [5.74, 6) is -0.440. The zero-order valence-electron chi connectivity index (χ0n) is 15.3. The minimum absolute atomic E-state index is 0.305. The lowest BCUT2D eigenvalue weighted by molar-refractivity contribution is -0.144. The van der Waals surface area contributed by atoms with Crippen molar-refractivity contribution in [1.29, 1.82) is 0 Å². The Bertz CT molecular complexity index is 672. The van der Waals surface area contributed by atoms with Gasteiger partial charge in [0.15, 0.2) is 18.1 Å². The van der Waals surface area contributed by atoms with E-state index in [0.717, 1.165) is 0 Å². The van der Waals surface area contributed by atoms with Crippen LogP contribution in [0.25, 0.3) is 6.08 Å². The normalized spacial score (nSPS) is 11.5. The van der Waals surface area contributed by atoms with Gasteiger partial charge >= 0.3 is 5.97 Å². The van der Waals surface area contributed by atoms with Crippen LogP contribution in [0.2, 0.25) is 0 Å². The van der Waals surface area contributed by atoms with Crippen molar-refractivity contribution < 1.29 is 28.6 Å². The Morgan fingerprint density at radius 3 is 2.46 bits per heavy atom. The van der Waals surface area contributed by atoms with Gasteiger partial charge in [-0.15, -0.1) is 0 Å². The number of hydrogen-bond acceptors (Lipinski definition) is 6. The largest absolute Gasteiger partial charge is 0.493 e. The summed E-state index contributed by atoms with van der Waals surface area (Å²) in [6.07, 6.45) is 2.72. The van der Waals surface area contributed by atoms with Crippen LogP contribution in [0.4, 0.5) is 0 Å². The number of amides is 2. The predicted molar refractivity (Wildman–Crippen MR) is 95.8 cm³/mol. The highest BCUT2D eigenvalue weighted by Gasteiger charge is 2.15. The van der Waals surface area contributed by atoms with Crippen molar-refractivity contribution in [3.8, 4) is 11.5 Å². The van der Waals surface area contributed by atoms with Gasteiger partial charge in [-0.3, -0.25) is 9.59 Å². The second-order valence-electron chi connectivity index (χ2n) is 5.24. The number of nitrogens with one attached hydrogen (secondary N) is 2. The number of methoxy groups -OCH3 is 2. The molecule has 2 N–H and O–H groups in total. The number of carbonyl (C=O) groups is 3. The molecular formula is C18H24N2O6. The van der Waals surface area contributed by atoms with Crippen molar-refractivity contribution >= 4 is 23.9 Å². The molecule has 0 saturated carbocycles. The molecule has 1 aromatic rings. The fourth-order valence-corrected chi connectivity index (χ4v) is 1.98. The van der Waals surface area contributed by atoms with E-state index in [1.54, 1.807) is 32.0 Å². The standard InChI is InChI=1S/C18H24N2O6/c1-5-19-18(23)12(2)20-16(21)11-26-17(22)9-7-13-6-8-14(24-3)15(10-13)25-4/h6-10,12H,5,11H2,1-4H3,(H,19,23)(H,20,21)/b9-7+/t12-/m0/s1. The van der Waals surface area contributed by atoms with Gasteiger partial charge < -0.3 is 24.8 Å². The van der Waals surface area contributed by atoms with Gasteiger partial charge in [-0.2, -0.15) is 0 Å². The van der Waals surface area contributed by atoms with E-state index in [0.29, 0.717) is 23.6 Å². The molecule has 1 atom stereocenters. The first-order chi connectivity index (χ1) is 12.4. The number of hydrogen-bond donors (Lipinski definition) is 2. The van der Waals surface area contributed by atoms with E-state index in [9.17, 15) is 14.4 Å². The van der Waals surface area contributed by atoms with Crippen LogP contribution in [-0.2, 0) is 19.1 Å². The third-order valence-corrected chi connectivity index (χ3v) is 3.29. The Kier molecular flexibility index (Phi) is 8.69. The highest BCUT2D eigenvalue weighted by Crippen LogP contribution is 2.27. The highest BCUT2D eigenvalue weighted by molar-refractivity contribution is 5.91. The zero-order valence-corrected chi connectivity index (χ0v) is 15.3. The van der Waals surface area contributed by atoms with E-state index >= 15 is 0 Å². The number of benzene rings is 1. The summed E-state index contributed by atoms with van der Waals surface area (Å²) in [5, 5.41) is 5.02. The molecule has 142 valence electrons. The van der Waals surface area contributed by atoms with Gasteiger partial charge in [-0.25, -0.2) is 4.79 Å². The van der Waals surface area contributed by atoms with E-state index < -0.39 is 24.5 Å². The average molecular weight is 364 g/mol. The Balaban J connectivity index is 2.50. The molecule has 8 nitrogen and oxygen atoms in total. The first kappa shape index (κ1) is 21.0. The van der Waals surface area contributed by atoms with Crippen LogP contribution in [-0.4, -0.2) is 51.2 Å². The number of rotatable bonds is 9. The third-order valence-electron chi connectivity index (χ3n) is 3.29. The number of carbonyl (C=O) groups excluding carboxylic acids is 3. The molecule has 0 saturated heterocycles. The van der Waals surface area contributed by atoms with Crippen molar-refractivity contribution in [3.05, 3.63) is 29.8 Å². The molecule has 8 heteroatoms. The molecule has 0 fully saturated rings. The summed E-state index contributed by atoms with van der Waals surface area (Å²) in [5.41, 5.74) is 0.703. The van der Waals surface area contributed by atoms with Gasteiger partial charge in [0, 0.05) is 12.6 Å². The molecule has 0 heterocycles. The second kappa shape index (κ2) is 10.8. The summed E-state index contributed by atoms with van der Waals surface area (Å²) in [7, 11) is 3.04. The highest BCUT2D eigenvalue weighted by atomic mass is 16.5. The number of likely N-dealkylation sites (N-methyl/N-ethyl adjacent to an activating group) is 1. The van der Waals surface area contributed by atoms with E-state index in [1.807, 2.05) is 0 Å². The summed E-state index contributed by atoms with van der Waals surface area (Å²) < 4.78 is 15.1. The van der Waals surface area contributed by atoms with Crippen LogP contribution in [0.15, 0.2) is 24.3 Å². The maximum Gasteiger partial charge on any atom is 0.331 e. The van der Waals surface area contributed by atoms with Crippen molar-refractivity contribution in [1.82, 2.24) is 10.6 Å². The monoisotopic (exact) mass is 364 g/mol. The van der Waals surface area contributed by atoms with Crippen molar-refractivity contribution in [2.24, 2.45) is 0 Å². The molecule has 0 bridgehead atoms. The van der Waals surface area contributed by atoms with Gasteiger partial charge in [0.05, 0.1) is 14.2 Å². The van der Waals surface area contributed by atoms with Gasteiger partial charge in [0.25, 0.3) is 5.91 Å². The van der Waals surface area contributed by atoms with Crippen LogP contribution >= 0.6 is 0 Å². The minimum Gasteiger partial charge on any atom is -0.493 e. The average Bonchev–Trinajstić information content (AvgIpc) is 2.64. The zero-order chi connectivity index (χ0) is 19.5. The molecule has 0 aromatic heterocycles. The Labute approximate surface area is 152 Å². The van der Waals surface area contributed by atoms with Gasteiger partial charge in [-0.05, 0) is 37.6 Å². The van der Waals surface area contributed by atoms with E-state index in [2.05, 4.69) is 10.6 Å². The fourth-order valence-electron chi connectivity index (χ4n) is 1.98. The lowest BCUT2D eigenvalue weighted by Crippen LogP contribution is -2.46. The quantitative estimate of drug-likeness (QED) is 0.499. The van der Waals surface area contributed by atoms with Crippen LogP contribution in [0, 0.1) is 0 Å². The van der Waals surface area contributed by atoms with Gasteiger partial charge in [-0.1, -0.05) is 6.07 Å². The SMILES string of the molecule is CCNC(=O)[C@H](C)NC(=O)COC(=O)/C=C/c1ccc(OC)c(OC)c1. The number of esters is 1. The van der Waals surface area contributed by atoms with Gasteiger partial charge in [0.2, 0.25) is 5.91 Å². The predicted octanol–water partition coefficient (Wildman–Crippen LogP) is 0.901. The van der Waals surface area contributed by atoms with Crippen LogP contribution in [0.3, 0.4) is 0 Å². The lowest BCUT2D eigenvalue weighted by atomic mass is 10.2. The first-order valence-corrected chi connectivity index (χ1v) is 8.05. The smallest absolute Gasteiger partial charge is 0.331 e. The molecule has 1 rings (SSSR count). The molecule has 0 aliphatic carbocycles. The first-order valence-electron chi connectivity index (χ1n) is 8.05. The van der Waals surface area contributed by atoms with Crippen molar-refractivity contribution in [2.75, 3.05) is 27.4 Å². The Morgan fingerprint density at radius 1 is 1.15 bits per heavy atom. The molecule has 0 radical (unpaired) electrons. The van der Waals surface area contributed by atoms with Crippen LogP contribution in [0.1, 0.15) is 19.4 Å². The summed E-state index contributed by atoms with van der Waals surface area (Å²) in [6.45, 7) is 3.31. The molecule has 0 aliphatic heterocycles. The molecule has 2 amide bonds. The van der Waals surface area contributed by atoms with E-state index in [4.69, 9.17) is 14.2 Å².